The first-order valence-electron chi connectivity index (χ1n) is 5.14. The maximum absolute atomic E-state index is 11.7. The molecule has 0 radical (unpaired) electrons. The maximum atomic E-state index is 11.7. The summed E-state index contributed by atoms with van der Waals surface area (Å²) in [4.78, 5) is 27.0. The van der Waals surface area contributed by atoms with Crippen molar-refractivity contribution in [3.63, 3.8) is 0 Å². The first-order valence-corrected chi connectivity index (χ1v) is 5.94. The van der Waals surface area contributed by atoms with E-state index in [9.17, 15) is 9.59 Å². The predicted octanol–water partition coefficient (Wildman–Crippen LogP) is 2.76. The normalized spacial score (nSPS) is 11.1. The Hall–Kier alpha value is -1.23. The summed E-state index contributed by atoms with van der Waals surface area (Å²) in [7, 11) is 0. The molecule has 0 aromatic carbocycles. The van der Waals surface area contributed by atoms with Crippen LogP contribution in [-0.2, 0) is 9.53 Å². The fraction of sp³-hybridized carbons (Fsp3) is 0.417. The molecular formula is C12H14BrNO3. The molecule has 0 atom stereocenters. The molecule has 17 heavy (non-hydrogen) atoms. The number of ether oxygens (including phenoxy) is 1. The third-order valence-corrected chi connectivity index (χ3v) is 2.21. The molecule has 0 aliphatic heterocycles. The van der Waals surface area contributed by atoms with Gasteiger partial charge in [-0.15, -0.1) is 0 Å². The Labute approximate surface area is 109 Å². The summed E-state index contributed by atoms with van der Waals surface area (Å²) in [5.41, 5.74) is -0.316. The van der Waals surface area contributed by atoms with Crippen LogP contribution in [0.3, 0.4) is 0 Å². The van der Waals surface area contributed by atoms with Gasteiger partial charge in [-0.3, -0.25) is 14.6 Å². The van der Waals surface area contributed by atoms with Gasteiger partial charge in [0, 0.05) is 10.7 Å². The van der Waals surface area contributed by atoms with Crippen molar-refractivity contribution in [2.24, 2.45) is 0 Å². The Morgan fingerprint density at radius 3 is 2.47 bits per heavy atom. The molecule has 0 spiro atoms. The van der Waals surface area contributed by atoms with E-state index in [4.69, 9.17) is 4.74 Å². The lowest BCUT2D eigenvalue weighted by Gasteiger charge is -2.19. The van der Waals surface area contributed by atoms with Crippen LogP contribution in [0.25, 0.3) is 0 Å². The van der Waals surface area contributed by atoms with E-state index in [1.54, 1.807) is 32.9 Å². The van der Waals surface area contributed by atoms with E-state index in [2.05, 4.69) is 20.9 Å². The summed E-state index contributed by atoms with van der Waals surface area (Å²) in [5.74, 6) is -0.876. The Kier molecular flexibility index (Phi) is 4.40. The highest BCUT2D eigenvalue weighted by atomic mass is 79.9. The van der Waals surface area contributed by atoms with E-state index in [1.807, 2.05) is 0 Å². The summed E-state index contributed by atoms with van der Waals surface area (Å²) in [6, 6.07) is 3.27. The summed E-state index contributed by atoms with van der Waals surface area (Å²) < 4.78 is 5.84. The first-order chi connectivity index (χ1) is 7.78. The number of esters is 1. The van der Waals surface area contributed by atoms with Crippen molar-refractivity contribution >= 4 is 27.7 Å². The molecule has 0 unspecified atom stereocenters. The zero-order valence-electron chi connectivity index (χ0n) is 9.99. The second kappa shape index (κ2) is 5.40. The quantitative estimate of drug-likeness (QED) is 0.489. The van der Waals surface area contributed by atoms with Gasteiger partial charge in [-0.2, -0.15) is 0 Å². The molecule has 0 saturated carbocycles. The fourth-order valence-electron chi connectivity index (χ4n) is 1.14. The van der Waals surface area contributed by atoms with Gasteiger partial charge >= 0.3 is 5.97 Å². The van der Waals surface area contributed by atoms with Crippen LogP contribution in [0.5, 0.6) is 0 Å². The molecule has 0 fully saturated rings. The van der Waals surface area contributed by atoms with Crippen molar-refractivity contribution in [1.82, 2.24) is 4.98 Å². The molecule has 0 bridgehead atoms. The summed E-state index contributed by atoms with van der Waals surface area (Å²) in [5, 5.41) is 0. The molecular weight excluding hydrogens is 286 g/mol. The minimum Gasteiger partial charge on any atom is -0.460 e. The molecule has 0 N–H and O–H groups in total. The van der Waals surface area contributed by atoms with Crippen LogP contribution in [0.15, 0.2) is 22.8 Å². The van der Waals surface area contributed by atoms with E-state index < -0.39 is 11.6 Å². The van der Waals surface area contributed by atoms with Crippen LogP contribution in [0.1, 0.15) is 37.7 Å². The van der Waals surface area contributed by atoms with E-state index in [0.717, 1.165) is 4.47 Å². The van der Waals surface area contributed by atoms with Crippen LogP contribution < -0.4 is 0 Å². The zero-order chi connectivity index (χ0) is 13.1. The van der Waals surface area contributed by atoms with Gasteiger partial charge in [0.2, 0.25) is 0 Å². The smallest absolute Gasteiger partial charge is 0.314 e. The molecule has 92 valence electrons. The van der Waals surface area contributed by atoms with Crippen molar-refractivity contribution in [2.75, 3.05) is 0 Å². The van der Waals surface area contributed by atoms with Crippen LogP contribution >= 0.6 is 15.9 Å². The van der Waals surface area contributed by atoms with Crippen LogP contribution in [0.4, 0.5) is 0 Å². The molecule has 0 amide bonds. The summed E-state index contributed by atoms with van der Waals surface area (Å²) >= 11 is 3.22. The SMILES string of the molecule is CC(C)(C)OC(=O)CC(=O)c1ccc(Br)cn1. The number of halogens is 1. The van der Waals surface area contributed by atoms with Crippen LogP contribution in [0, 0.1) is 0 Å². The van der Waals surface area contributed by atoms with Gasteiger partial charge in [-0.1, -0.05) is 0 Å². The highest BCUT2D eigenvalue weighted by Crippen LogP contribution is 2.11. The van der Waals surface area contributed by atoms with Crippen LogP contribution in [0.2, 0.25) is 0 Å². The lowest BCUT2D eigenvalue weighted by atomic mass is 10.1. The standard InChI is InChI=1S/C12H14BrNO3/c1-12(2,3)17-11(16)6-10(15)9-5-4-8(13)7-14-9/h4-5,7H,6H2,1-3H3. The summed E-state index contributed by atoms with van der Waals surface area (Å²) in [6.07, 6.45) is 1.23. The van der Waals surface area contributed by atoms with Crippen molar-refractivity contribution in [3.8, 4) is 0 Å². The van der Waals surface area contributed by atoms with E-state index in [-0.39, 0.29) is 17.9 Å². The lowest BCUT2D eigenvalue weighted by molar-refractivity contribution is -0.153. The van der Waals surface area contributed by atoms with Gasteiger partial charge in [0.05, 0.1) is 0 Å². The van der Waals surface area contributed by atoms with Gasteiger partial charge in [0.25, 0.3) is 0 Å². The number of aromatic nitrogens is 1. The molecule has 0 aliphatic rings. The lowest BCUT2D eigenvalue weighted by Crippen LogP contribution is -2.25. The van der Waals surface area contributed by atoms with Gasteiger partial charge < -0.3 is 4.74 Å². The average molecular weight is 300 g/mol. The predicted molar refractivity (Wildman–Crippen MR) is 66.7 cm³/mol. The first kappa shape index (κ1) is 13.8. The van der Waals surface area contributed by atoms with Gasteiger partial charge in [-0.05, 0) is 48.8 Å². The Bertz CT molecular complexity index is 420. The van der Waals surface area contributed by atoms with Crippen molar-refractivity contribution in [3.05, 3.63) is 28.5 Å². The van der Waals surface area contributed by atoms with E-state index in [1.165, 1.54) is 6.20 Å². The van der Waals surface area contributed by atoms with E-state index >= 15 is 0 Å². The largest absolute Gasteiger partial charge is 0.460 e. The minimum atomic E-state index is -0.579. The number of pyridine rings is 1. The summed E-state index contributed by atoms with van der Waals surface area (Å²) in [6.45, 7) is 5.27. The van der Waals surface area contributed by atoms with Crippen LogP contribution in [-0.4, -0.2) is 22.3 Å². The zero-order valence-corrected chi connectivity index (χ0v) is 11.6. The van der Waals surface area contributed by atoms with Gasteiger partial charge in [-0.25, -0.2) is 0 Å². The topological polar surface area (TPSA) is 56.3 Å². The Balaban J connectivity index is 2.61. The van der Waals surface area contributed by atoms with Crippen molar-refractivity contribution < 1.29 is 14.3 Å². The second-order valence-electron chi connectivity index (χ2n) is 4.55. The highest BCUT2D eigenvalue weighted by molar-refractivity contribution is 9.10. The number of ketones is 1. The maximum Gasteiger partial charge on any atom is 0.314 e. The van der Waals surface area contributed by atoms with Crippen molar-refractivity contribution in [1.29, 1.82) is 0 Å². The molecule has 5 heteroatoms. The number of Topliss-reactive ketones (excluding diaryl/α,β-unsaturated/α-hetero) is 1. The number of carbonyl (C=O) groups is 2. The van der Waals surface area contributed by atoms with Crippen molar-refractivity contribution in [2.45, 2.75) is 32.8 Å². The number of hydrogen-bond acceptors (Lipinski definition) is 4. The number of carbonyl (C=O) groups excluding carboxylic acids is 2. The van der Waals surface area contributed by atoms with E-state index in [0.29, 0.717) is 0 Å². The molecule has 1 rings (SSSR count). The number of rotatable bonds is 3. The Morgan fingerprint density at radius 1 is 1.35 bits per heavy atom. The number of hydrogen-bond donors (Lipinski definition) is 0. The van der Waals surface area contributed by atoms with Gasteiger partial charge in [0.1, 0.15) is 17.7 Å². The monoisotopic (exact) mass is 299 g/mol. The number of nitrogens with zero attached hydrogens (tertiary/aromatic N) is 1. The second-order valence-corrected chi connectivity index (χ2v) is 5.46. The molecule has 4 nitrogen and oxygen atoms in total. The molecule has 0 saturated heterocycles. The third-order valence-electron chi connectivity index (χ3n) is 1.74. The molecule has 1 aromatic heterocycles. The Morgan fingerprint density at radius 2 is 2.00 bits per heavy atom. The molecule has 1 aromatic rings. The fourth-order valence-corrected chi connectivity index (χ4v) is 1.37. The average Bonchev–Trinajstić information content (AvgIpc) is 2.15. The third kappa shape index (κ3) is 5.08. The molecule has 0 aliphatic carbocycles. The molecule has 1 heterocycles. The van der Waals surface area contributed by atoms with Gasteiger partial charge in [0.15, 0.2) is 5.78 Å². The minimum absolute atomic E-state index is 0.263. The highest BCUT2D eigenvalue weighted by Gasteiger charge is 2.20.